The minimum atomic E-state index is -4.36. The maximum absolute atomic E-state index is 13.5. The van der Waals surface area contributed by atoms with Gasteiger partial charge in [0.05, 0.1) is 5.56 Å². The van der Waals surface area contributed by atoms with Crippen LogP contribution in [0.3, 0.4) is 0 Å². The van der Waals surface area contributed by atoms with Crippen LogP contribution in [0.1, 0.15) is 48.8 Å². The molecule has 0 spiro atoms. The first-order valence-corrected chi connectivity index (χ1v) is 13.2. The number of rotatable bonds is 6. The fraction of sp³-hybridized carbons (Fsp3) is 0.419. The van der Waals surface area contributed by atoms with Gasteiger partial charge in [0, 0.05) is 38.3 Å². The highest BCUT2D eigenvalue weighted by Crippen LogP contribution is 2.37. The van der Waals surface area contributed by atoms with Crippen LogP contribution in [0.4, 0.5) is 13.2 Å². The van der Waals surface area contributed by atoms with Gasteiger partial charge in [-0.15, -0.1) is 0 Å². The molecular formula is C31H35F3N2. The van der Waals surface area contributed by atoms with Crippen molar-refractivity contribution in [2.75, 3.05) is 19.6 Å². The van der Waals surface area contributed by atoms with Crippen LogP contribution in [0.15, 0.2) is 78.9 Å². The molecule has 2 fully saturated rings. The zero-order chi connectivity index (χ0) is 25.0. The summed E-state index contributed by atoms with van der Waals surface area (Å²) in [5.74, 6) is 0. The van der Waals surface area contributed by atoms with Crippen molar-refractivity contribution in [3.63, 3.8) is 0 Å². The number of hydrogen-bond donors (Lipinski definition) is 0. The predicted octanol–water partition coefficient (Wildman–Crippen LogP) is 7.43. The molecule has 5 heteroatoms. The predicted molar refractivity (Wildman–Crippen MR) is 140 cm³/mol. The van der Waals surface area contributed by atoms with Crippen LogP contribution >= 0.6 is 0 Å². The van der Waals surface area contributed by atoms with Crippen molar-refractivity contribution >= 4 is 0 Å². The molecule has 2 nitrogen and oxygen atoms in total. The zero-order valence-electron chi connectivity index (χ0n) is 20.8. The van der Waals surface area contributed by atoms with Gasteiger partial charge >= 0.3 is 6.18 Å². The van der Waals surface area contributed by atoms with Gasteiger partial charge in [0.2, 0.25) is 0 Å². The summed E-state index contributed by atoms with van der Waals surface area (Å²) in [5.41, 5.74) is 2.79. The van der Waals surface area contributed by atoms with Gasteiger partial charge in [-0.2, -0.15) is 13.2 Å². The quantitative estimate of drug-likeness (QED) is 0.353. The lowest BCUT2D eigenvalue weighted by atomic mass is 9.91. The smallest absolute Gasteiger partial charge is 0.296 e. The molecular weight excluding hydrogens is 457 g/mol. The van der Waals surface area contributed by atoms with Crippen molar-refractivity contribution in [3.05, 3.63) is 95.6 Å². The van der Waals surface area contributed by atoms with Gasteiger partial charge in [-0.05, 0) is 47.6 Å². The Morgan fingerprint density at radius 2 is 1.42 bits per heavy atom. The number of halogens is 3. The molecule has 0 aromatic heterocycles. The van der Waals surface area contributed by atoms with Crippen LogP contribution in [0.2, 0.25) is 0 Å². The highest BCUT2D eigenvalue weighted by atomic mass is 19.4. The van der Waals surface area contributed by atoms with E-state index < -0.39 is 11.7 Å². The van der Waals surface area contributed by atoms with E-state index >= 15 is 0 Å². The van der Waals surface area contributed by atoms with Gasteiger partial charge in [-0.25, -0.2) is 0 Å². The Kier molecular flexibility index (Phi) is 7.78. The summed E-state index contributed by atoms with van der Waals surface area (Å²) in [6, 6.07) is 25.4. The molecule has 0 radical (unpaired) electrons. The van der Waals surface area contributed by atoms with E-state index in [4.69, 9.17) is 0 Å². The molecule has 1 atom stereocenters. The second kappa shape index (κ2) is 11.2. The summed E-state index contributed by atoms with van der Waals surface area (Å²) in [6.07, 6.45) is 3.36. The van der Waals surface area contributed by atoms with Crippen molar-refractivity contribution in [3.8, 4) is 11.1 Å². The van der Waals surface area contributed by atoms with E-state index in [1.807, 2.05) is 24.3 Å². The molecule has 3 aromatic carbocycles. The highest BCUT2D eigenvalue weighted by Gasteiger charge is 2.34. The molecule has 1 heterocycles. The van der Waals surface area contributed by atoms with E-state index in [1.165, 1.54) is 43.7 Å². The van der Waals surface area contributed by atoms with Crippen LogP contribution in [-0.2, 0) is 19.1 Å². The average molecular weight is 493 g/mol. The van der Waals surface area contributed by atoms with Crippen LogP contribution < -0.4 is 0 Å². The van der Waals surface area contributed by atoms with Crippen LogP contribution in [0, 0.1) is 0 Å². The molecule has 2 aliphatic rings. The number of alkyl halides is 3. The minimum Gasteiger partial charge on any atom is -0.296 e. The Hall–Kier alpha value is -2.63. The number of piperazine rings is 1. The van der Waals surface area contributed by atoms with E-state index in [9.17, 15) is 13.2 Å². The van der Waals surface area contributed by atoms with Crippen molar-refractivity contribution in [2.45, 2.75) is 63.3 Å². The van der Waals surface area contributed by atoms with E-state index in [0.717, 1.165) is 44.2 Å². The average Bonchev–Trinajstić information content (AvgIpc) is 2.90. The Labute approximate surface area is 212 Å². The molecule has 1 unspecified atom stereocenters. The second-order valence-electron chi connectivity index (χ2n) is 10.3. The Morgan fingerprint density at radius 3 is 2.14 bits per heavy atom. The third kappa shape index (κ3) is 6.01. The first-order chi connectivity index (χ1) is 17.5. The maximum atomic E-state index is 13.5. The molecule has 1 aliphatic carbocycles. The summed E-state index contributed by atoms with van der Waals surface area (Å²) in [4.78, 5) is 5.30. The Morgan fingerprint density at radius 1 is 0.722 bits per heavy atom. The lowest BCUT2D eigenvalue weighted by Gasteiger charge is -2.46. The van der Waals surface area contributed by atoms with E-state index in [-0.39, 0.29) is 5.56 Å². The molecule has 0 amide bonds. The van der Waals surface area contributed by atoms with Gasteiger partial charge in [-0.1, -0.05) is 92.1 Å². The fourth-order valence-corrected chi connectivity index (χ4v) is 6.07. The molecule has 0 N–H and O–H groups in total. The SMILES string of the molecule is FC(F)(F)c1ccccc1-c1ccc(CN2CCN(C3CCCCC3)C(Cc3ccccc3)C2)cc1. The topological polar surface area (TPSA) is 6.48 Å². The monoisotopic (exact) mass is 492 g/mol. The molecule has 0 bridgehead atoms. The lowest BCUT2D eigenvalue weighted by Crippen LogP contribution is -2.57. The molecule has 190 valence electrons. The van der Waals surface area contributed by atoms with E-state index in [1.54, 1.807) is 12.1 Å². The van der Waals surface area contributed by atoms with Crippen molar-refractivity contribution < 1.29 is 13.2 Å². The van der Waals surface area contributed by atoms with E-state index in [0.29, 0.717) is 17.6 Å². The summed E-state index contributed by atoms with van der Waals surface area (Å²) in [6.45, 7) is 3.95. The molecule has 1 aliphatic heterocycles. The summed E-state index contributed by atoms with van der Waals surface area (Å²) in [7, 11) is 0. The van der Waals surface area contributed by atoms with Gasteiger partial charge < -0.3 is 0 Å². The Bertz CT molecular complexity index is 1100. The van der Waals surface area contributed by atoms with Gasteiger partial charge in [0.1, 0.15) is 0 Å². The number of nitrogens with zero attached hydrogens (tertiary/aromatic N) is 2. The van der Waals surface area contributed by atoms with Gasteiger partial charge in [0.25, 0.3) is 0 Å². The van der Waals surface area contributed by atoms with Crippen molar-refractivity contribution in [1.82, 2.24) is 9.80 Å². The standard InChI is InChI=1S/C31H35F3N2/c32-31(33,34)30-14-8-7-13-29(30)26-17-15-25(16-18-26)22-35-19-20-36(27-11-5-2-6-12-27)28(23-35)21-24-9-3-1-4-10-24/h1,3-4,7-10,13-18,27-28H,2,5-6,11-12,19-23H2. The maximum Gasteiger partial charge on any atom is 0.417 e. The molecule has 5 rings (SSSR count). The van der Waals surface area contributed by atoms with Crippen LogP contribution in [0.25, 0.3) is 11.1 Å². The lowest BCUT2D eigenvalue weighted by molar-refractivity contribution is -0.137. The number of benzene rings is 3. The minimum absolute atomic E-state index is 0.237. The summed E-state index contributed by atoms with van der Waals surface area (Å²) >= 11 is 0. The fourth-order valence-electron chi connectivity index (χ4n) is 6.07. The van der Waals surface area contributed by atoms with Crippen molar-refractivity contribution in [2.24, 2.45) is 0 Å². The van der Waals surface area contributed by atoms with Crippen LogP contribution in [-0.4, -0.2) is 41.5 Å². The van der Waals surface area contributed by atoms with Crippen LogP contribution in [0.5, 0.6) is 0 Å². The van der Waals surface area contributed by atoms with Gasteiger partial charge in [0.15, 0.2) is 0 Å². The third-order valence-electron chi connectivity index (χ3n) is 7.87. The molecule has 1 saturated heterocycles. The second-order valence-corrected chi connectivity index (χ2v) is 10.3. The summed E-state index contributed by atoms with van der Waals surface area (Å²) < 4.78 is 40.4. The molecule has 1 saturated carbocycles. The summed E-state index contributed by atoms with van der Waals surface area (Å²) in [5, 5.41) is 0. The zero-order valence-corrected chi connectivity index (χ0v) is 20.8. The molecule has 3 aromatic rings. The largest absolute Gasteiger partial charge is 0.417 e. The Balaban J connectivity index is 1.29. The molecule has 36 heavy (non-hydrogen) atoms. The third-order valence-corrected chi connectivity index (χ3v) is 7.87. The highest BCUT2D eigenvalue weighted by molar-refractivity contribution is 5.68. The first kappa shape index (κ1) is 25.0. The van der Waals surface area contributed by atoms with Crippen molar-refractivity contribution in [1.29, 1.82) is 0 Å². The first-order valence-electron chi connectivity index (χ1n) is 13.2. The normalized spacial score (nSPS) is 20.5. The number of hydrogen-bond acceptors (Lipinski definition) is 2. The van der Waals surface area contributed by atoms with E-state index in [2.05, 4.69) is 40.1 Å². The van der Waals surface area contributed by atoms with Gasteiger partial charge in [-0.3, -0.25) is 9.80 Å².